The average Bonchev–Trinajstić information content (AvgIpc) is 2.49. The molecule has 0 bridgehead atoms. The van der Waals surface area contributed by atoms with Crippen LogP contribution < -0.4 is 5.32 Å². The van der Waals surface area contributed by atoms with Gasteiger partial charge < -0.3 is 10.4 Å². The number of carboxylic acid groups (broad SMARTS) is 1. The van der Waals surface area contributed by atoms with Gasteiger partial charge in [0.05, 0.1) is 11.8 Å². The molecule has 2 atom stereocenters. The van der Waals surface area contributed by atoms with Crippen LogP contribution >= 0.6 is 11.6 Å². The number of carboxylic acids is 1. The van der Waals surface area contributed by atoms with Crippen LogP contribution in [0.25, 0.3) is 0 Å². The maximum Gasteiger partial charge on any atom is 0.307 e. The molecule has 1 aliphatic rings. The molecular formula is C16H18ClNO3. The number of carbonyl (C=O) groups is 2. The fourth-order valence-corrected chi connectivity index (χ4v) is 2.62. The number of allylic oxidation sites excluding steroid dienone is 2. The lowest BCUT2D eigenvalue weighted by atomic mass is 9.82. The van der Waals surface area contributed by atoms with Crippen LogP contribution in [0.5, 0.6) is 0 Å². The Kier molecular flexibility index (Phi) is 5.39. The summed E-state index contributed by atoms with van der Waals surface area (Å²) in [7, 11) is 0. The van der Waals surface area contributed by atoms with E-state index in [2.05, 4.69) is 5.32 Å². The van der Waals surface area contributed by atoms with Crippen LogP contribution in [0.15, 0.2) is 36.4 Å². The van der Waals surface area contributed by atoms with Crippen molar-refractivity contribution in [3.63, 3.8) is 0 Å². The molecule has 0 fully saturated rings. The third kappa shape index (κ3) is 4.33. The van der Waals surface area contributed by atoms with E-state index in [4.69, 9.17) is 16.7 Å². The Morgan fingerprint density at radius 2 is 1.76 bits per heavy atom. The van der Waals surface area contributed by atoms with Gasteiger partial charge in [-0.25, -0.2) is 0 Å². The van der Waals surface area contributed by atoms with Gasteiger partial charge in [0.15, 0.2) is 0 Å². The first-order valence-corrected chi connectivity index (χ1v) is 7.35. The van der Waals surface area contributed by atoms with Crippen LogP contribution in [0.1, 0.15) is 18.4 Å². The molecule has 2 N–H and O–H groups in total. The number of amides is 1. The normalized spacial score (nSPS) is 21.0. The summed E-state index contributed by atoms with van der Waals surface area (Å²) in [6, 6.07) is 7.45. The molecule has 1 amide bonds. The van der Waals surface area contributed by atoms with Crippen molar-refractivity contribution >= 4 is 23.5 Å². The minimum Gasteiger partial charge on any atom is -0.481 e. The van der Waals surface area contributed by atoms with Crippen LogP contribution in [-0.2, 0) is 16.0 Å². The van der Waals surface area contributed by atoms with Gasteiger partial charge in [-0.1, -0.05) is 35.9 Å². The largest absolute Gasteiger partial charge is 0.481 e. The van der Waals surface area contributed by atoms with E-state index in [1.54, 1.807) is 0 Å². The topological polar surface area (TPSA) is 66.4 Å². The SMILES string of the molecule is O=C(O)[C@H]1CC=CC[C@H]1C(=O)NCCc1ccc(Cl)cc1. The highest BCUT2D eigenvalue weighted by Crippen LogP contribution is 2.25. The molecule has 0 saturated heterocycles. The molecular weight excluding hydrogens is 290 g/mol. The molecule has 0 heterocycles. The van der Waals surface area contributed by atoms with Crippen LogP contribution in [0, 0.1) is 11.8 Å². The second-order valence-corrected chi connectivity index (χ2v) is 5.60. The number of carbonyl (C=O) groups excluding carboxylic acids is 1. The number of nitrogens with one attached hydrogen (secondary N) is 1. The van der Waals surface area contributed by atoms with Crippen molar-refractivity contribution in [3.05, 3.63) is 47.0 Å². The Bertz CT molecular complexity index is 539. The summed E-state index contributed by atoms with van der Waals surface area (Å²) in [6.45, 7) is 0.493. The molecule has 5 heteroatoms. The van der Waals surface area contributed by atoms with Gasteiger partial charge in [0.2, 0.25) is 5.91 Å². The van der Waals surface area contributed by atoms with Crippen molar-refractivity contribution in [3.8, 4) is 0 Å². The maximum absolute atomic E-state index is 12.1. The highest BCUT2D eigenvalue weighted by molar-refractivity contribution is 6.30. The van der Waals surface area contributed by atoms with Gasteiger partial charge in [0.1, 0.15) is 0 Å². The number of benzene rings is 1. The predicted octanol–water partition coefficient (Wildman–Crippen LogP) is 2.67. The first-order chi connectivity index (χ1) is 10.1. The molecule has 0 aromatic heterocycles. The summed E-state index contributed by atoms with van der Waals surface area (Å²) in [5, 5.41) is 12.7. The maximum atomic E-state index is 12.1. The Morgan fingerprint density at radius 1 is 1.14 bits per heavy atom. The Labute approximate surface area is 128 Å². The summed E-state index contributed by atoms with van der Waals surface area (Å²) in [4.78, 5) is 23.3. The summed E-state index contributed by atoms with van der Waals surface area (Å²) in [5.74, 6) is -2.18. The van der Waals surface area contributed by atoms with E-state index in [-0.39, 0.29) is 5.91 Å². The van der Waals surface area contributed by atoms with E-state index < -0.39 is 17.8 Å². The van der Waals surface area contributed by atoms with E-state index in [1.165, 1.54) is 0 Å². The molecule has 0 spiro atoms. The first kappa shape index (κ1) is 15.6. The molecule has 2 rings (SSSR count). The second kappa shape index (κ2) is 7.27. The number of halogens is 1. The molecule has 4 nitrogen and oxygen atoms in total. The van der Waals surface area contributed by atoms with Crippen LogP contribution in [0.3, 0.4) is 0 Å². The molecule has 21 heavy (non-hydrogen) atoms. The Hall–Kier alpha value is -1.81. The number of hydrogen-bond acceptors (Lipinski definition) is 2. The molecule has 1 aromatic rings. The monoisotopic (exact) mass is 307 g/mol. The van der Waals surface area contributed by atoms with Gasteiger partial charge in [-0.15, -0.1) is 0 Å². The van der Waals surface area contributed by atoms with E-state index in [0.717, 1.165) is 5.56 Å². The van der Waals surface area contributed by atoms with Crippen molar-refractivity contribution in [2.24, 2.45) is 11.8 Å². The third-order valence-corrected chi connectivity index (χ3v) is 3.96. The van der Waals surface area contributed by atoms with E-state index in [0.29, 0.717) is 30.8 Å². The molecule has 112 valence electrons. The average molecular weight is 308 g/mol. The molecule has 0 saturated carbocycles. The van der Waals surface area contributed by atoms with Crippen molar-refractivity contribution in [2.75, 3.05) is 6.54 Å². The third-order valence-electron chi connectivity index (χ3n) is 3.71. The van der Waals surface area contributed by atoms with Gasteiger partial charge in [-0.2, -0.15) is 0 Å². The molecule has 1 aromatic carbocycles. The lowest BCUT2D eigenvalue weighted by Crippen LogP contribution is -2.39. The minimum absolute atomic E-state index is 0.180. The van der Waals surface area contributed by atoms with Gasteiger partial charge in [0.25, 0.3) is 0 Å². The summed E-state index contributed by atoms with van der Waals surface area (Å²) < 4.78 is 0. The van der Waals surface area contributed by atoms with Crippen molar-refractivity contribution in [1.29, 1.82) is 0 Å². The highest BCUT2D eigenvalue weighted by Gasteiger charge is 2.33. The van der Waals surface area contributed by atoms with Gasteiger partial charge in [-0.3, -0.25) is 9.59 Å². The smallest absolute Gasteiger partial charge is 0.307 e. The predicted molar refractivity (Wildman–Crippen MR) is 81.2 cm³/mol. The zero-order valence-electron chi connectivity index (χ0n) is 11.6. The molecule has 0 unspecified atom stereocenters. The van der Waals surface area contributed by atoms with Gasteiger partial charge >= 0.3 is 5.97 Å². The van der Waals surface area contributed by atoms with Crippen molar-refractivity contribution < 1.29 is 14.7 Å². The lowest BCUT2D eigenvalue weighted by molar-refractivity contribution is -0.147. The number of rotatable bonds is 5. The number of aliphatic carboxylic acids is 1. The van der Waals surface area contributed by atoms with E-state index in [9.17, 15) is 9.59 Å². The second-order valence-electron chi connectivity index (χ2n) is 5.16. The zero-order chi connectivity index (χ0) is 15.2. The minimum atomic E-state index is -0.905. The number of hydrogen-bond donors (Lipinski definition) is 2. The molecule has 0 radical (unpaired) electrons. The van der Waals surface area contributed by atoms with E-state index >= 15 is 0 Å². The van der Waals surface area contributed by atoms with Gasteiger partial charge in [-0.05, 0) is 37.0 Å². The zero-order valence-corrected chi connectivity index (χ0v) is 12.3. The standard InChI is InChI=1S/C16H18ClNO3/c17-12-7-5-11(6-8-12)9-10-18-15(19)13-3-1-2-4-14(13)16(20)21/h1-2,5-8,13-14H,3-4,9-10H2,(H,18,19)(H,20,21)/t13-,14+/m1/s1. The fourth-order valence-electron chi connectivity index (χ4n) is 2.49. The van der Waals surface area contributed by atoms with Crippen molar-refractivity contribution in [2.45, 2.75) is 19.3 Å². The Morgan fingerprint density at radius 3 is 2.38 bits per heavy atom. The molecule has 0 aliphatic heterocycles. The fraction of sp³-hybridized carbons (Fsp3) is 0.375. The van der Waals surface area contributed by atoms with Crippen LogP contribution in [0.4, 0.5) is 0 Å². The quantitative estimate of drug-likeness (QED) is 0.822. The lowest BCUT2D eigenvalue weighted by Gasteiger charge is -2.24. The summed E-state index contributed by atoms with van der Waals surface area (Å²) >= 11 is 5.81. The van der Waals surface area contributed by atoms with Gasteiger partial charge in [0, 0.05) is 11.6 Å². The summed E-state index contributed by atoms with van der Waals surface area (Å²) in [5.41, 5.74) is 1.08. The highest BCUT2D eigenvalue weighted by atomic mass is 35.5. The van der Waals surface area contributed by atoms with Crippen LogP contribution in [0.2, 0.25) is 5.02 Å². The van der Waals surface area contributed by atoms with Crippen LogP contribution in [-0.4, -0.2) is 23.5 Å². The van der Waals surface area contributed by atoms with Crippen molar-refractivity contribution in [1.82, 2.24) is 5.32 Å². The summed E-state index contributed by atoms with van der Waals surface area (Å²) in [6.07, 6.45) is 5.32. The Balaban J connectivity index is 1.85. The molecule has 1 aliphatic carbocycles. The first-order valence-electron chi connectivity index (χ1n) is 6.98. The van der Waals surface area contributed by atoms with E-state index in [1.807, 2.05) is 36.4 Å².